The Hall–Kier alpha value is -1.00. The lowest BCUT2D eigenvalue weighted by Crippen LogP contribution is -1.95. The summed E-state index contributed by atoms with van der Waals surface area (Å²) in [5.41, 5.74) is 1.53. The summed E-state index contributed by atoms with van der Waals surface area (Å²) >= 11 is 0. The van der Waals surface area contributed by atoms with E-state index < -0.39 is 9.05 Å². The van der Waals surface area contributed by atoms with E-state index in [1.54, 1.807) is 19.1 Å². The van der Waals surface area contributed by atoms with Crippen LogP contribution < -0.4 is 0 Å². The van der Waals surface area contributed by atoms with Crippen molar-refractivity contribution in [2.45, 2.75) is 11.8 Å². The smallest absolute Gasteiger partial charge is 0.263 e. The number of hydrogen-bond donors (Lipinski definition) is 0. The molecule has 0 spiro atoms. The fourth-order valence-electron chi connectivity index (χ4n) is 1.79. The summed E-state index contributed by atoms with van der Waals surface area (Å²) in [6, 6.07) is 7.30. The molecular formula is C10H10ClNO2S. The third-order valence-electron chi connectivity index (χ3n) is 2.59. The van der Waals surface area contributed by atoms with Crippen molar-refractivity contribution >= 4 is 30.6 Å². The Morgan fingerprint density at radius 3 is 2.47 bits per heavy atom. The molecule has 1 aromatic heterocycles. The van der Waals surface area contributed by atoms with E-state index >= 15 is 0 Å². The van der Waals surface area contributed by atoms with Crippen molar-refractivity contribution in [3.63, 3.8) is 0 Å². The Balaban J connectivity index is 3.03. The number of halogens is 1. The maximum absolute atomic E-state index is 11.4. The largest absolute Gasteiger partial charge is 0.347 e. The number of aryl methyl sites for hydroxylation is 1. The minimum atomic E-state index is -3.69. The van der Waals surface area contributed by atoms with Crippen molar-refractivity contribution in [3.8, 4) is 0 Å². The van der Waals surface area contributed by atoms with Gasteiger partial charge in [0.15, 0.2) is 0 Å². The SMILES string of the molecule is Cc1c(S(=O)(=O)Cl)c2ccccc2n1C. The highest BCUT2D eigenvalue weighted by Gasteiger charge is 2.21. The van der Waals surface area contributed by atoms with E-state index in [1.165, 1.54) is 0 Å². The van der Waals surface area contributed by atoms with Gasteiger partial charge in [-0.15, -0.1) is 0 Å². The Kier molecular flexibility index (Phi) is 2.28. The lowest BCUT2D eigenvalue weighted by molar-refractivity contribution is 0.609. The van der Waals surface area contributed by atoms with Gasteiger partial charge >= 0.3 is 0 Å². The van der Waals surface area contributed by atoms with Crippen molar-refractivity contribution in [1.29, 1.82) is 0 Å². The molecule has 0 atom stereocenters. The second kappa shape index (κ2) is 3.25. The van der Waals surface area contributed by atoms with Crippen molar-refractivity contribution in [2.75, 3.05) is 0 Å². The molecule has 5 heteroatoms. The first-order valence-electron chi connectivity index (χ1n) is 4.41. The highest BCUT2D eigenvalue weighted by molar-refractivity contribution is 8.14. The zero-order chi connectivity index (χ0) is 11.2. The quantitative estimate of drug-likeness (QED) is 0.722. The van der Waals surface area contributed by atoms with Gasteiger partial charge in [-0.3, -0.25) is 0 Å². The molecule has 0 fully saturated rings. The summed E-state index contributed by atoms with van der Waals surface area (Å²) < 4.78 is 24.7. The van der Waals surface area contributed by atoms with E-state index in [0.717, 1.165) is 5.52 Å². The van der Waals surface area contributed by atoms with Gasteiger partial charge in [0.05, 0.1) is 0 Å². The van der Waals surface area contributed by atoms with E-state index in [0.29, 0.717) is 11.1 Å². The van der Waals surface area contributed by atoms with Gasteiger partial charge in [0, 0.05) is 34.3 Å². The molecule has 15 heavy (non-hydrogen) atoms. The topological polar surface area (TPSA) is 39.1 Å². The Morgan fingerprint density at radius 2 is 1.87 bits per heavy atom. The number of fused-ring (bicyclic) bond motifs is 1. The number of hydrogen-bond acceptors (Lipinski definition) is 2. The van der Waals surface area contributed by atoms with Gasteiger partial charge in [-0.1, -0.05) is 18.2 Å². The second-order valence-electron chi connectivity index (χ2n) is 3.43. The zero-order valence-corrected chi connectivity index (χ0v) is 9.93. The third kappa shape index (κ3) is 1.54. The Morgan fingerprint density at radius 1 is 1.27 bits per heavy atom. The first-order chi connectivity index (χ1) is 6.93. The first-order valence-corrected chi connectivity index (χ1v) is 6.72. The summed E-state index contributed by atoms with van der Waals surface area (Å²) in [5, 5.41) is 0.674. The molecule has 0 amide bonds. The standard InChI is InChI=1S/C10H10ClNO2S/c1-7-10(15(11,13)14)8-5-3-4-6-9(8)12(7)2/h3-6H,1-2H3. The van der Waals surface area contributed by atoms with Gasteiger partial charge in [-0.25, -0.2) is 8.42 Å². The average molecular weight is 244 g/mol. The van der Waals surface area contributed by atoms with E-state index in [-0.39, 0.29) is 4.90 Å². The minimum absolute atomic E-state index is 0.210. The maximum atomic E-state index is 11.4. The minimum Gasteiger partial charge on any atom is -0.347 e. The van der Waals surface area contributed by atoms with Gasteiger partial charge in [-0.2, -0.15) is 0 Å². The van der Waals surface area contributed by atoms with Crippen molar-refractivity contribution in [1.82, 2.24) is 4.57 Å². The molecule has 0 aliphatic carbocycles. The maximum Gasteiger partial charge on any atom is 0.263 e. The summed E-state index contributed by atoms with van der Waals surface area (Å²) in [4.78, 5) is 0.210. The van der Waals surface area contributed by atoms with Crippen LogP contribution in [-0.2, 0) is 16.1 Å². The van der Waals surface area contributed by atoms with E-state index in [4.69, 9.17) is 10.7 Å². The van der Waals surface area contributed by atoms with Crippen LogP contribution in [0.25, 0.3) is 10.9 Å². The van der Waals surface area contributed by atoms with Crippen LogP contribution >= 0.6 is 10.7 Å². The number of para-hydroxylation sites is 1. The highest BCUT2D eigenvalue weighted by atomic mass is 35.7. The molecule has 0 N–H and O–H groups in total. The van der Waals surface area contributed by atoms with Crippen LogP contribution in [0.1, 0.15) is 5.69 Å². The fourth-order valence-corrected chi connectivity index (χ4v) is 3.30. The molecule has 0 aliphatic heterocycles. The van der Waals surface area contributed by atoms with E-state index in [1.807, 2.05) is 23.7 Å². The second-order valence-corrected chi connectivity index (χ2v) is 5.93. The monoisotopic (exact) mass is 243 g/mol. The molecule has 2 aromatic rings. The van der Waals surface area contributed by atoms with Crippen LogP contribution in [0.4, 0.5) is 0 Å². The van der Waals surface area contributed by atoms with Crippen LogP contribution in [-0.4, -0.2) is 13.0 Å². The van der Waals surface area contributed by atoms with Crippen LogP contribution in [0.5, 0.6) is 0 Å². The van der Waals surface area contributed by atoms with Gasteiger partial charge < -0.3 is 4.57 Å². The number of rotatable bonds is 1. The zero-order valence-electron chi connectivity index (χ0n) is 8.36. The predicted octanol–water partition coefficient (Wildman–Crippen LogP) is 2.41. The Labute approximate surface area is 92.7 Å². The number of aromatic nitrogens is 1. The average Bonchev–Trinajstić information content (AvgIpc) is 2.39. The fraction of sp³-hybridized carbons (Fsp3) is 0.200. The lowest BCUT2D eigenvalue weighted by Gasteiger charge is -1.97. The van der Waals surface area contributed by atoms with Gasteiger partial charge in [0.25, 0.3) is 9.05 Å². The van der Waals surface area contributed by atoms with Gasteiger partial charge in [0.2, 0.25) is 0 Å². The Bertz CT molecular complexity index is 628. The normalized spacial score (nSPS) is 12.2. The molecule has 1 aromatic carbocycles. The third-order valence-corrected chi connectivity index (χ3v) is 4.05. The van der Waals surface area contributed by atoms with Crippen LogP contribution in [0.15, 0.2) is 29.2 Å². The molecule has 0 aliphatic rings. The summed E-state index contributed by atoms with van der Waals surface area (Å²) in [6.45, 7) is 1.75. The van der Waals surface area contributed by atoms with Crippen molar-refractivity contribution in [3.05, 3.63) is 30.0 Å². The lowest BCUT2D eigenvalue weighted by atomic mass is 10.2. The van der Waals surface area contributed by atoms with Crippen molar-refractivity contribution in [2.24, 2.45) is 7.05 Å². The van der Waals surface area contributed by atoms with Crippen LogP contribution in [0.2, 0.25) is 0 Å². The molecule has 1 heterocycles. The molecule has 0 bridgehead atoms. The van der Waals surface area contributed by atoms with E-state index in [2.05, 4.69) is 0 Å². The number of benzene rings is 1. The van der Waals surface area contributed by atoms with Gasteiger partial charge in [-0.05, 0) is 13.0 Å². The number of nitrogens with zero attached hydrogens (tertiary/aromatic N) is 1. The summed E-state index contributed by atoms with van der Waals surface area (Å²) in [5.74, 6) is 0. The molecule has 80 valence electrons. The summed E-state index contributed by atoms with van der Waals surface area (Å²) in [6.07, 6.45) is 0. The molecule has 0 radical (unpaired) electrons. The van der Waals surface area contributed by atoms with Gasteiger partial charge in [0.1, 0.15) is 4.90 Å². The van der Waals surface area contributed by atoms with Crippen LogP contribution in [0.3, 0.4) is 0 Å². The molecule has 3 nitrogen and oxygen atoms in total. The highest BCUT2D eigenvalue weighted by Crippen LogP contribution is 2.30. The van der Waals surface area contributed by atoms with Crippen molar-refractivity contribution < 1.29 is 8.42 Å². The summed E-state index contributed by atoms with van der Waals surface area (Å²) in [7, 11) is 3.55. The van der Waals surface area contributed by atoms with Crippen LogP contribution in [0, 0.1) is 6.92 Å². The van der Waals surface area contributed by atoms with E-state index in [9.17, 15) is 8.42 Å². The molecule has 0 saturated carbocycles. The first kappa shape index (κ1) is 10.5. The molecular weight excluding hydrogens is 234 g/mol. The molecule has 0 unspecified atom stereocenters. The molecule has 0 saturated heterocycles. The molecule has 2 rings (SSSR count). The predicted molar refractivity (Wildman–Crippen MR) is 60.7 cm³/mol.